The molecule has 0 spiro atoms. The molecule has 1 aliphatic rings. The maximum Gasteiger partial charge on any atom is 0.267 e. The molecule has 2 aromatic heterocycles. The van der Waals surface area contributed by atoms with Crippen molar-refractivity contribution in [3.63, 3.8) is 0 Å². The fourth-order valence-corrected chi connectivity index (χ4v) is 3.10. The predicted molar refractivity (Wildman–Crippen MR) is 88.0 cm³/mol. The van der Waals surface area contributed by atoms with Crippen molar-refractivity contribution >= 4 is 22.8 Å². The van der Waals surface area contributed by atoms with Crippen LogP contribution in [0.15, 0.2) is 36.5 Å². The molecule has 116 valence electrons. The quantitative estimate of drug-likeness (QED) is 0.673. The van der Waals surface area contributed by atoms with Crippen LogP contribution in [0.4, 0.5) is 5.95 Å². The van der Waals surface area contributed by atoms with Crippen LogP contribution in [0.2, 0.25) is 0 Å². The van der Waals surface area contributed by atoms with Crippen molar-refractivity contribution in [1.29, 1.82) is 0 Å². The summed E-state index contributed by atoms with van der Waals surface area (Å²) in [5.41, 5.74) is 9.23. The maximum absolute atomic E-state index is 12.5. The van der Waals surface area contributed by atoms with Gasteiger partial charge in [0.2, 0.25) is 5.95 Å². The molecule has 2 heterocycles. The lowest BCUT2D eigenvalue weighted by atomic mass is 9.93. The first-order valence-electron chi connectivity index (χ1n) is 7.68. The monoisotopic (exact) mass is 307 g/mol. The second kappa shape index (κ2) is 5.39. The first kappa shape index (κ1) is 13.8. The van der Waals surface area contributed by atoms with E-state index in [0.717, 1.165) is 41.4 Å². The standard InChI is InChI=1S/C17H17N5O/c18-17-19-9-11-7-12(5-6-14(11)22-17)20-16(23)15-8-10-3-1-2-4-13(10)21-15/h1-4,8-9,12,21H,5-7H2,(H,20,23)(H2,18,19,22). The van der Waals surface area contributed by atoms with Crippen LogP contribution >= 0.6 is 0 Å². The van der Waals surface area contributed by atoms with Crippen LogP contribution in [0.25, 0.3) is 10.9 Å². The van der Waals surface area contributed by atoms with E-state index in [9.17, 15) is 4.79 Å². The normalized spacial score (nSPS) is 17.0. The number of benzene rings is 1. The van der Waals surface area contributed by atoms with Gasteiger partial charge in [-0.1, -0.05) is 18.2 Å². The van der Waals surface area contributed by atoms with E-state index in [1.165, 1.54) is 0 Å². The molecule has 0 saturated heterocycles. The Hall–Kier alpha value is -2.89. The zero-order valence-corrected chi connectivity index (χ0v) is 12.5. The van der Waals surface area contributed by atoms with Gasteiger partial charge in [0.05, 0.1) is 0 Å². The fourth-order valence-electron chi connectivity index (χ4n) is 3.10. The molecule has 1 amide bonds. The van der Waals surface area contributed by atoms with E-state index in [-0.39, 0.29) is 11.9 Å². The number of anilines is 1. The summed E-state index contributed by atoms with van der Waals surface area (Å²) in [6.45, 7) is 0. The number of nitrogen functional groups attached to an aromatic ring is 1. The third-order valence-corrected chi connectivity index (χ3v) is 4.28. The Labute approximate surface area is 133 Å². The molecule has 0 radical (unpaired) electrons. The minimum Gasteiger partial charge on any atom is -0.368 e. The average molecular weight is 307 g/mol. The Balaban J connectivity index is 1.50. The highest BCUT2D eigenvalue weighted by molar-refractivity contribution is 5.98. The molecule has 6 heteroatoms. The number of rotatable bonds is 2. The van der Waals surface area contributed by atoms with Crippen molar-refractivity contribution in [2.24, 2.45) is 0 Å². The molecule has 0 aliphatic heterocycles. The number of nitrogens with one attached hydrogen (secondary N) is 2. The Bertz CT molecular complexity index is 853. The van der Waals surface area contributed by atoms with Crippen LogP contribution in [0.3, 0.4) is 0 Å². The number of H-pyrrole nitrogens is 1. The van der Waals surface area contributed by atoms with Gasteiger partial charge in [0.1, 0.15) is 5.69 Å². The van der Waals surface area contributed by atoms with Gasteiger partial charge in [-0.05, 0) is 37.0 Å². The van der Waals surface area contributed by atoms with E-state index >= 15 is 0 Å². The van der Waals surface area contributed by atoms with Crippen molar-refractivity contribution in [2.75, 3.05) is 5.73 Å². The first-order chi connectivity index (χ1) is 11.2. The topological polar surface area (TPSA) is 96.7 Å². The third kappa shape index (κ3) is 2.63. The summed E-state index contributed by atoms with van der Waals surface area (Å²) in [5.74, 6) is 0.232. The van der Waals surface area contributed by atoms with Gasteiger partial charge in [-0.2, -0.15) is 0 Å². The van der Waals surface area contributed by atoms with Gasteiger partial charge in [-0.3, -0.25) is 4.79 Å². The average Bonchev–Trinajstić information content (AvgIpc) is 2.99. The number of fused-ring (bicyclic) bond motifs is 2. The van der Waals surface area contributed by atoms with Crippen molar-refractivity contribution < 1.29 is 4.79 Å². The second-order valence-electron chi connectivity index (χ2n) is 5.88. The molecule has 1 atom stereocenters. The van der Waals surface area contributed by atoms with E-state index in [0.29, 0.717) is 11.6 Å². The highest BCUT2D eigenvalue weighted by atomic mass is 16.1. The molecule has 1 aliphatic carbocycles. The Morgan fingerprint density at radius 1 is 1.35 bits per heavy atom. The number of aromatic nitrogens is 3. The molecule has 4 N–H and O–H groups in total. The van der Waals surface area contributed by atoms with Crippen molar-refractivity contribution in [1.82, 2.24) is 20.3 Å². The minimum absolute atomic E-state index is 0.0778. The summed E-state index contributed by atoms with van der Waals surface area (Å²) in [4.78, 5) is 23.9. The number of aromatic amines is 1. The lowest BCUT2D eigenvalue weighted by molar-refractivity contribution is 0.0929. The fraction of sp³-hybridized carbons (Fsp3) is 0.235. The van der Waals surface area contributed by atoms with Gasteiger partial charge < -0.3 is 16.0 Å². The number of nitrogens with two attached hydrogens (primary N) is 1. The van der Waals surface area contributed by atoms with Gasteiger partial charge in [0, 0.05) is 28.8 Å². The number of aryl methyl sites for hydroxylation is 1. The van der Waals surface area contributed by atoms with Gasteiger partial charge in [0.25, 0.3) is 5.91 Å². The highest BCUT2D eigenvalue weighted by Gasteiger charge is 2.22. The zero-order chi connectivity index (χ0) is 15.8. The van der Waals surface area contributed by atoms with E-state index in [1.54, 1.807) is 6.20 Å². The molecular formula is C17H17N5O. The summed E-state index contributed by atoms with van der Waals surface area (Å²) < 4.78 is 0. The van der Waals surface area contributed by atoms with Gasteiger partial charge in [0.15, 0.2) is 0 Å². The van der Waals surface area contributed by atoms with E-state index in [1.807, 2.05) is 30.3 Å². The summed E-state index contributed by atoms with van der Waals surface area (Å²) in [6.07, 6.45) is 4.16. The molecule has 0 bridgehead atoms. The van der Waals surface area contributed by atoms with Gasteiger partial charge >= 0.3 is 0 Å². The SMILES string of the molecule is Nc1ncc2c(n1)CCC(NC(=O)c1cc3ccccc3[nH]1)C2. The number of nitrogens with zero attached hydrogens (tertiary/aromatic N) is 2. The zero-order valence-electron chi connectivity index (χ0n) is 12.5. The molecule has 1 aromatic carbocycles. The van der Waals surface area contributed by atoms with Crippen LogP contribution < -0.4 is 11.1 Å². The van der Waals surface area contributed by atoms with Crippen LogP contribution in [0.1, 0.15) is 28.2 Å². The van der Waals surface area contributed by atoms with Gasteiger partial charge in [-0.15, -0.1) is 0 Å². The molecule has 4 rings (SSSR count). The Kier molecular flexibility index (Phi) is 3.22. The molecule has 1 unspecified atom stereocenters. The molecule has 6 nitrogen and oxygen atoms in total. The summed E-state index contributed by atoms with van der Waals surface area (Å²) >= 11 is 0. The van der Waals surface area contributed by atoms with Crippen molar-refractivity contribution in [2.45, 2.75) is 25.3 Å². The van der Waals surface area contributed by atoms with Crippen LogP contribution in [-0.2, 0) is 12.8 Å². The molecule has 0 fully saturated rings. The number of hydrogen-bond donors (Lipinski definition) is 3. The third-order valence-electron chi connectivity index (χ3n) is 4.28. The molecular weight excluding hydrogens is 290 g/mol. The smallest absolute Gasteiger partial charge is 0.267 e. The number of carbonyl (C=O) groups excluding carboxylic acids is 1. The van der Waals surface area contributed by atoms with Crippen molar-refractivity contribution in [3.8, 4) is 0 Å². The van der Waals surface area contributed by atoms with Crippen LogP contribution in [0.5, 0.6) is 0 Å². The van der Waals surface area contributed by atoms with E-state index in [2.05, 4.69) is 20.3 Å². The number of hydrogen-bond acceptors (Lipinski definition) is 4. The number of carbonyl (C=O) groups is 1. The summed E-state index contributed by atoms with van der Waals surface area (Å²) in [7, 11) is 0. The molecule has 23 heavy (non-hydrogen) atoms. The van der Waals surface area contributed by atoms with Gasteiger partial charge in [-0.25, -0.2) is 9.97 Å². The largest absolute Gasteiger partial charge is 0.368 e. The summed E-state index contributed by atoms with van der Waals surface area (Å²) in [5, 5.41) is 4.13. The van der Waals surface area contributed by atoms with E-state index < -0.39 is 0 Å². The molecule has 0 saturated carbocycles. The lowest BCUT2D eigenvalue weighted by Gasteiger charge is -2.24. The molecule has 3 aromatic rings. The number of para-hydroxylation sites is 1. The van der Waals surface area contributed by atoms with E-state index in [4.69, 9.17) is 5.73 Å². The van der Waals surface area contributed by atoms with Crippen molar-refractivity contribution in [3.05, 3.63) is 53.5 Å². The Morgan fingerprint density at radius 3 is 3.09 bits per heavy atom. The first-order valence-corrected chi connectivity index (χ1v) is 7.68. The van der Waals surface area contributed by atoms with Crippen LogP contribution in [-0.4, -0.2) is 26.9 Å². The highest BCUT2D eigenvalue weighted by Crippen LogP contribution is 2.20. The maximum atomic E-state index is 12.5. The Morgan fingerprint density at radius 2 is 2.22 bits per heavy atom. The minimum atomic E-state index is -0.0778. The number of amides is 1. The van der Waals surface area contributed by atoms with Crippen LogP contribution in [0, 0.1) is 0 Å². The lowest BCUT2D eigenvalue weighted by Crippen LogP contribution is -2.39. The second-order valence-corrected chi connectivity index (χ2v) is 5.88. The predicted octanol–water partition coefficient (Wildman–Crippen LogP) is 1.83. The summed E-state index contributed by atoms with van der Waals surface area (Å²) in [6, 6.07) is 9.83.